The topological polar surface area (TPSA) is 79.5 Å². The molecule has 0 amide bonds. The van der Waals surface area contributed by atoms with Crippen LogP contribution in [0.3, 0.4) is 0 Å². The molecule has 2 aliphatic heterocycles. The molecule has 0 saturated carbocycles. The Bertz CT molecular complexity index is 702. The molecular weight excluding hydrogens is 400 g/mol. The minimum atomic E-state index is -3.13. The highest BCUT2D eigenvalue weighted by Gasteiger charge is 2.35. The van der Waals surface area contributed by atoms with E-state index >= 15 is 0 Å². The normalized spacial score (nSPS) is 23.5. The number of halogens is 1. The van der Waals surface area contributed by atoms with E-state index in [2.05, 4.69) is 28.9 Å². The highest BCUT2D eigenvalue weighted by molar-refractivity contribution is 7.88. The number of nitrogens with zero attached hydrogens (tertiary/aromatic N) is 4. The van der Waals surface area contributed by atoms with Gasteiger partial charge in [0.1, 0.15) is 0 Å². The van der Waals surface area contributed by atoms with E-state index < -0.39 is 10.0 Å². The molecule has 7 nitrogen and oxygen atoms in total. The summed E-state index contributed by atoms with van der Waals surface area (Å²) in [6.07, 6.45) is 8.53. The lowest BCUT2D eigenvalue weighted by Gasteiger charge is -2.39. The summed E-state index contributed by atoms with van der Waals surface area (Å²) in [4.78, 5) is 6.85. The van der Waals surface area contributed by atoms with Crippen molar-refractivity contribution in [2.24, 2.45) is 11.8 Å². The predicted octanol–water partition coefficient (Wildman–Crippen LogP) is 3.11. The summed E-state index contributed by atoms with van der Waals surface area (Å²) in [5, 5.41) is 4.07. The minimum absolute atomic E-state index is 0. The standard InChI is InChI=1S/C19H34N4O3S.ClH/c1-15(2)13-18-20-19(26-21-18)14-22-11-8-16(9-12-22)17-7-5-4-6-10-23(17)27(3,24)25;/h15-17H,4-14H2,1-3H3;1H. The van der Waals surface area contributed by atoms with Crippen molar-refractivity contribution in [3.8, 4) is 0 Å². The van der Waals surface area contributed by atoms with E-state index in [0.717, 1.165) is 63.9 Å². The Morgan fingerprint density at radius 2 is 1.82 bits per heavy atom. The molecule has 0 N–H and O–H groups in total. The first-order chi connectivity index (χ1) is 12.8. The Balaban J connectivity index is 0.00000280. The van der Waals surface area contributed by atoms with Gasteiger partial charge in [-0.15, -0.1) is 12.4 Å². The maximum absolute atomic E-state index is 12.3. The molecule has 162 valence electrons. The van der Waals surface area contributed by atoms with Gasteiger partial charge >= 0.3 is 0 Å². The second kappa shape index (κ2) is 10.4. The summed E-state index contributed by atoms with van der Waals surface area (Å²) >= 11 is 0. The van der Waals surface area contributed by atoms with E-state index in [9.17, 15) is 8.42 Å². The third-order valence-corrected chi connectivity index (χ3v) is 7.12. The van der Waals surface area contributed by atoms with Crippen LogP contribution in [0.5, 0.6) is 0 Å². The maximum atomic E-state index is 12.3. The summed E-state index contributed by atoms with van der Waals surface area (Å²) in [7, 11) is -3.13. The van der Waals surface area contributed by atoms with Crippen LogP contribution in [0.15, 0.2) is 4.52 Å². The largest absolute Gasteiger partial charge is 0.338 e. The fourth-order valence-corrected chi connectivity index (χ4v) is 5.71. The van der Waals surface area contributed by atoms with Crippen molar-refractivity contribution in [3.05, 3.63) is 11.7 Å². The molecule has 1 atom stereocenters. The van der Waals surface area contributed by atoms with Gasteiger partial charge in [-0.3, -0.25) is 4.90 Å². The Hall–Kier alpha value is -0.700. The summed E-state index contributed by atoms with van der Waals surface area (Å²) < 4.78 is 31.7. The smallest absolute Gasteiger partial charge is 0.240 e. The monoisotopic (exact) mass is 434 g/mol. The average molecular weight is 435 g/mol. The minimum Gasteiger partial charge on any atom is -0.338 e. The zero-order chi connectivity index (χ0) is 19.4. The number of rotatable bonds is 6. The zero-order valence-electron chi connectivity index (χ0n) is 17.3. The second-order valence-corrected chi connectivity index (χ2v) is 10.5. The van der Waals surface area contributed by atoms with Gasteiger partial charge in [-0.2, -0.15) is 9.29 Å². The Kier molecular flexibility index (Phi) is 8.73. The fourth-order valence-electron chi connectivity index (χ4n) is 4.48. The first-order valence-electron chi connectivity index (χ1n) is 10.3. The SMILES string of the molecule is CC(C)Cc1noc(CN2CCC(C3CCCCCN3S(C)(=O)=O)CC2)n1.Cl. The molecule has 2 fully saturated rings. The Morgan fingerprint density at radius 1 is 1.11 bits per heavy atom. The number of hydrogen-bond donors (Lipinski definition) is 0. The first kappa shape index (κ1) is 23.6. The van der Waals surface area contributed by atoms with Gasteiger partial charge in [0.25, 0.3) is 0 Å². The number of sulfonamides is 1. The molecular formula is C19H35ClN4O3S. The highest BCUT2D eigenvalue weighted by Crippen LogP contribution is 2.31. The van der Waals surface area contributed by atoms with Crippen molar-refractivity contribution in [2.75, 3.05) is 25.9 Å². The quantitative estimate of drug-likeness (QED) is 0.684. The fraction of sp³-hybridized carbons (Fsp3) is 0.895. The van der Waals surface area contributed by atoms with Crippen LogP contribution < -0.4 is 0 Å². The van der Waals surface area contributed by atoms with Crippen LogP contribution in [0.2, 0.25) is 0 Å². The summed E-state index contributed by atoms with van der Waals surface area (Å²) in [5.41, 5.74) is 0. The van der Waals surface area contributed by atoms with Gasteiger partial charge in [0.2, 0.25) is 15.9 Å². The Labute approximate surface area is 175 Å². The van der Waals surface area contributed by atoms with E-state index in [0.29, 0.717) is 30.8 Å². The van der Waals surface area contributed by atoms with Gasteiger partial charge in [-0.05, 0) is 50.6 Å². The molecule has 2 saturated heterocycles. The second-order valence-electron chi connectivity index (χ2n) is 8.61. The van der Waals surface area contributed by atoms with Crippen LogP contribution in [-0.4, -0.2) is 59.7 Å². The van der Waals surface area contributed by atoms with Gasteiger partial charge in [0.15, 0.2) is 5.82 Å². The van der Waals surface area contributed by atoms with Crippen molar-refractivity contribution in [1.82, 2.24) is 19.3 Å². The number of likely N-dealkylation sites (tertiary alicyclic amines) is 1. The van der Waals surface area contributed by atoms with E-state index in [1.807, 2.05) is 0 Å². The van der Waals surface area contributed by atoms with Gasteiger partial charge in [-0.25, -0.2) is 8.42 Å². The number of aromatic nitrogens is 2. The lowest BCUT2D eigenvalue weighted by Crippen LogP contribution is -2.47. The van der Waals surface area contributed by atoms with Crippen molar-refractivity contribution in [3.63, 3.8) is 0 Å². The molecule has 3 heterocycles. The molecule has 2 aliphatic rings. The Morgan fingerprint density at radius 3 is 2.46 bits per heavy atom. The van der Waals surface area contributed by atoms with Gasteiger partial charge in [-0.1, -0.05) is 31.8 Å². The molecule has 0 spiro atoms. The molecule has 1 aromatic heterocycles. The van der Waals surface area contributed by atoms with Crippen LogP contribution in [0.4, 0.5) is 0 Å². The summed E-state index contributed by atoms with van der Waals surface area (Å²) in [6, 6.07) is 0.172. The van der Waals surface area contributed by atoms with Crippen LogP contribution in [-0.2, 0) is 23.0 Å². The molecule has 1 unspecified atom stereocenters. The lowest BCUT2D eigenvalue weighted by molar-refractivity contribution is 0.115. The predicted molar refractivity (Wildman–Crippen MR) is 112 cm³/mol. The van der Waals surface area contributed by atoms with Crippen molar-refractivity contribution in [2.45, 2.75) is 71.4 Å². The van der Waals surface area contributed by atoms with Gasteiger partial charge in [0, 0.05) is 19.0 Å². The molecule has 1 aromatic rings. The summed E-state index contributed by atoms with van der Waals surface area (Å²) in [6.45, 7) is 7.59. The number of hydrogen-bond acceptors (Lipinski definition) is 6. The van der Waals surface area contributed by atoms with Crippen molar-refractivity contribution >= 4 is 22.4 Å². The average Bonchev–Trinajstić information content (AvgIpc) is 2.87. The number of piperidine rings is 1. The van der Waals surface area contributed by atoms with Crippen molar-refractivity contribution in [1.29, 1.82) is 0 Å². The highest BCUT2D eigenvalue weighted by atomic mass is 35.5. The lowest BCUT2D eigenvalue weighted by atomic mass is 9.87. The van der Waals surface area contributed by atoms with Crippen LogP contribution >= 0.6 is 12.4 Å². The zero-order valence-corrected chi connectivity index (χ0v) is 19.0. The molecule has 3 rings (SSSR count). The third-order valence-electron chi connectivity index (χ3n) is 5.81. The summed E-state index contributed by atoms with van der Waals surface area (Å²) in [5.74, 6) is 2.45. The van der Waals surface area contributed by atoms with E-state index in [1.54, 1.807) is 4.31 Å². The van der Waals surface area contributed by atoms with E-state index in [4.69, 9.17) is 4.52 Å². The van der Waals surface area contributed by atoms with E-state index in [1.165, 1.54) is 6.26 Å². The van der Waals surface area contributed by atoms with Gasteiger partial charge in [0.05, 0.1) is 12.8 Å². The third kappa shape index (κ3) is 6.40. The first-order valence-corrected chi connectivity index (χ1v) is 12.2. The van der Waals surface area contributed by atoms with Crippen LogP contribution in [0, 0.1) is 11.8 Å². The maximum Gasteiger partial charge on any atom is 0.240 e. The molecule has 0 radical (unpaired) electrons. The molecule has 0 aromatic carbocycles. The molecule has 0 aliphatic carbocycles. The van der Waals surface area contributed by atoms with Crippen molar-refractivity contribution < 1.29 is 12.9 Å². The molecule has 0 bridgehead atoms. The molecule has 28 heavy (non-hydrogen) atoms. The van der Waals surface area contributed by atoms with E-state index in [-0.39, 0.29) is 18.4 Å². The molecule has 9 heteroatoms. The van der Waals surface area contributed by atoms with Crippen LogP contribution in [0.1, 0.15) is 64.1 Å². The van der Waals surface area contributed by atoms with Crippen LogP contribution in [0.25, 0.3) is 0 Å². The van der Waals surface area contributed by atoms with Gasteiger partial charge < -0.3 is 4.52 Å².